The van der Waals surface area contributed by atoms with Crippen molar-refractivity contribution in [2.45, 2.75) is 26.2 Å². The van der Waals surface area contributed by atoms with Crippen molar-refractivity contribution >= 4 is 32.5 Å². The molecular formula is C32H26BrN3. The first kappa shape index (κ1) is 22.7. The lowest BCUT2D eigenvalue weighted by atomic mass is 9.88. The van der Waals surface area contributed by atoms with E-state index in [1.807, 2.05) is 28.9 Å². The van der Waals surface area contributed by atoms with E-state index >= 15 is 0 Å². The summed E-state index contributed by atoms with van der Waals surface area (Å²) in [5, 5.41) is 8.67. The Morgan fingerprint density at radius 1 is 0.722 bits per heavy atom. The van der Waals surface area contributed by atoms with E-state index in [1.54, 1.807) is 0 Å². The number of fused-ring (bicyclic) bond motifs is 1. The second kappa shape index (κ2) is 9.71. The molecule has 4 heteroatoms. The highest BCUT2D eigenvalue weighted by Gasteiger charge is 2.12. The minimum atomic E-state index is 0.898. The lowest BCUT2D eigenvalue weighted by molar-refractivity contribution is 0.824. The highest BCUT2D eigenvalue weighted by atomic mass is 79.9. The van der Waals surface area contributed by atoms with Crippen LogP contribution in [0.15, 0.2) is 113 Å². The molecule has 0 atom stereocenters. The molecule has 0 spiro atoms. The van der Waals surface area contributed by atoms with E-state index < -0.39 is 0 Å². The quantitative estimate of drug-likeness (QED) is 0.226. The summed E-state index contributed by atoms with van der Waals surface area (Å²) in [4.78, 5) is 0. The number of aromatic nitrogens is 3. The average Bonchev–Trinajstić information content (AvgIpc) is 3.38. The normalized spacial score (nSPS) is 13.5. The maximum absolute atomic E-state index is 4.37. The summed E-state index contributed by atoms with van der Waals surface area (Å²) in [6, 6.07) is 32.2. The van der Waals surface area contributed by atoms with Crippen molar-refractivity contribution in [2.24, 2.45) is 0 Å². The van der Waals surface area contributed by atoms with Crippen LogP contribution < -0.4 is 0 Å². The van der Waals surface area contributed by atoms with E-state index in [9.17, 15) is 0 Å². The van der Waals surface area contributed by atoms with E-state index in [0.717, 1.165) is 40.5 Å². The zero-order chi connectivity index (χ0) is 24.5. The molecule has 5 aromatic rings. The molecule has 0 aliphatic heterocycles. The lowest BCUT2D eigenvalue weighted by Crippen LogP contribution is -1.97. The lowest BCUT2D eigenvalue weighted by Gasteiger charge is -2.17. The van der Waals surface area contributed by atoms with Gasteiger partial charge in [0.25, 0.3) is 0 Å². The molecule has 0 fully saturated rings. The smallest absolute Gasteiger partial charge is 0.113 e. The molecule has 6 rings (SSSR count). The van der Waals surface area contributed by atoms with Crippen LogP contribution in [0.5, 0.6) is 0 Å². The molecule has 0 bridgehead atoms. The number of benzene rings is 4. The molecule has 176 valence electrons. The molecule has 3 nitrogen and oxygen atoms in total. The van der Waals surface area contributed by atoms with Crippen LogP contribution in [-0.2, 0) is 0 Å². The molecule has 0 saturated heterocycles. The zero-order valence-electron chi connectivity index (χ0n) is 20.2. The van der Waals surface area contributed by atoms with Crippen molar-refractivity contribution in [3.05, 3.63) is 119 Å². The summed E-state index contributed by atoms with van der Waals surface area (Å²) in [5.74, 6) is 0. The average molecular weight is 532 g/mol. The summed E-state index contributed by atoms with van der Waals surface area (Å²) < 4.78 is 2.99. The van der Waals surface area contributed by atoms with Gasteiger partial charge in [0.2, 0.25) is 0 Å². The van der Waals surface area contributed by atoms with Crippen molar-refractivity contribution < 1.29 is 0 Å². The molecular weight excluding hydrogens is 506 g/mol. The third-order valence-electron chi connectivity index (χ3n) is 6.97. The van der Waals surface area contributed by atoms with Gasteiger partial charge in [-0.25, -0.2) is 4.68 Å². The highest BCUT2D eigenvalue weighted by Crippen LogP contribution is 2.35. The van der Waals surface area contributed by atoms with E-state index in [1.165, 1.54) is 39.0 Å². The van der Waals surface area contributed by atoms with Gasteiger partial charge >= 0.3 is 0 Å². The molecule has 1 aliphatic rings. The Hall–Kier alpha value is -3.76. The maximum atomic E-state index is 4.37. The first-order valence-corrected chi connectivity index (χ1v) is 13.2. The third kappa shape index (κ3) is 4.45. The van der Waals surface area contributed by atoms with Gasteiger partial charge in [-0.2, -0.15) is 0 Å². The van der Waals surface area contributed by atoms with Crippen molar-refractivity contribution in [1.29, 1.82) is 0 Å². The van der Waals surface area contributed by atoms with Crippen molar-refractivity contribution in [2.75, 3.05) is 0 Å². The van der Waals surface area contributed by atoms with E-state index in [4.69, 9.17) is 0 Å². The van der Waals surface area contributed by atoms with Gasteiger partial charge in [0, 0.05) is 4.47 Å². The first-order chi connectivity index (χ1) is 17.7. The summed E-state index contributed by atoms with van der Waals surface area (Å²) in [6.07, 6.45) is 7.97. The Balaban J connectivity index is 1.42. The standard InChI is InChI=1S/C32H26BrN3/c1-2-22-7-9-23(10-8-22)26-19-27(24-11-15-29(33)16-12-24)21-28(20-26)25-13-17-30(18-14-25)36-32-6-4-3-5-31(32)34-35-36/h3-7,9,11-21H,2,8,10H2,1H3. The van der Waals surface area contributed by atoms with E-state index in [2.05, 4.69) is 112 Å². The van der Waals surface area contributed by atoms with E-state index in [-0.39, 0.29) is 0 Å². The zero-order valence-corrected chi connectivity index (χ0v) is 21.7. The van der Waals surface area contributed by atoms with E-state index in [0.29, 0.717) is 0 Å². The minimum Gasteiger partial charge on any atom is -0.213 e. The number of halogens is 1. The number of hydrogen-bond donors (Lipinski definition) is 0. The van der Waals surface area contributed by atoms with Crippen molar-refractivity contribution in [3.8, 4) is 27.9 Å². The van der Waals surface area contributed by atoms with Gasteiger partial charge < -0.3 is 0 Å². The largest absolute Gasteiger partial charge is 0.213 e. The maximum Gasteiger partial charge on any atom is 0.113 e. The molecule has 1 heterocycles. The Morgan fingerprint density at radius 3 is 2.06 bits per heavy atom. The van der Waals surface area contributed by atoms with Gasteiger partial charge in [-0.15, -0.1) is 5.10 Å². The fourth-order valence-electron chi connectivity index (χ4n) is 4.86. The molecule has 0 unspecified atom stereocenters. The predicted molar refractivity (Wildman–Crippen MR) is 153 cm³/mol. The molecule has 36 heavy (non-hydrogen) atoms. The van der Waals surface area contributed by atoms with Crippen LogP contribution in [0, 0.1) is 0 Å². The van der Waals surface area contributed by atoms with Gasteiger partial charge in [0.05, 0.1) is 11.2 Å². The molecule has 1 aromatic heterocycles. The van der Waals surface area contributed by atoms with Gasteiger partial charge in [0.15, 0.2) is 0 Å². The van der Waals surface area contributed by atoms with Crippen molar-refractivity contribution in [1.82, 2.24) is 15.0 Å². The molecule has 1 aliphatic carbocycles. The Kier molecular flexibility index (Phi) is 6.12. The predicted octanol–water partition coefficient (Wildman–Crippen LogP) is 9.03. The monoisotopic (exact) mass is 531 g/mol. The van der Waals surface area contributed by atoms with Crippen LogP contribution in [0.3, 0.4) is 0 Å². The third-order valence-corrected chi connectivity index (χ3v) is 7.50. The van der Waals surface area contributed by atoms with Gasteiger partial charge in [-0.05, 0) is 107 Å². The molecule has 4 aromatic carbocycles. The van der Waals surface area contributed by atoms with Crippen LogP contribution in [-0.4, -0.2) is 15.0 Å². The Labute approximate surface area is 219 Å². The van der Waals surface area contributed by atoms with Crippen LogP contribution in [0.2, 0.25) is 0 Å². The molecule has 0 radical (unpaired) electrons. The molecule has 0 saturated carbocycles. The second-order valence-corrected chi connectivity index (χ2v) is 10.1. The van der Waals surface area contributed by atoms with Crippen molar-refractivity contribution in [3.63, 3.8) is 0 Å². The first-order valence-electron chi connectivity index (χ1n) is 12.4. The number of hydrogen-bond acceptors (Lipinski definition) is 2. The van der Waals surface area contributed by atoms with Gasteiger partial charge in [0.1, 0.15) is 5.52 Å². The van der Waals surface area contributed by atoms with Crippen LogP contribution in [0.4, 0.5) is 0 Å². The summed E-state index contributed by atoms with van der Waals surface area (Å²) in [7, 11) is 0. The van der Waals surface area contributed by atoms with Gasteiger partial charge in [-0.3, -0.25) is 0 Å². The number of nitrogens with zero attached hydrogens (tertiary/aromatic N) is 3. The Morgan fingerprint density at radius 2 is 1.39 bits per heavy atom. The summed E-state index contributed by atoms with van der Waals surface area (Å²) in [5.41, 5.74) is 12.0. The summed E-state index contributed by atoms with van der Waals surface area (Å²) >= 11 is 3.57. The second-order valence-electron chi connectivity index (χ2n) is 9.21. The number of rotatable bonds is 5. The molecule has 0 amide bonds. The SMILES string of the molecule is CCC1=CC=C(c2cc(-c3ccc(Br)cc3)cc(-c3ccc(-n4nnc5ccccc54)cc3)c2)CC1. The molecule has 0 N–H and O–H groups in total. The highest BCUT2D eigenvalue weighted by molar-refractivity contribution is 9.10. The fourth-order valence-corrected chi connectivity index (χ4v) is 5.12. The van der Waals surface area contributed by atoms with Crippen LogP contribution >= 0.6 is 15.9 Å². The van der Waals surface area contributed by atoms with Gasteiger partial charge in [-0.1, -0.05) is 82.2 Å². The summed E-state index contributed by atoms with van der Waals surface area (Å²) in [6.45, 7) is 2.24. The minimum absolute atomic E-state index is 0.898. The Bertz CT molecular complexity index is 1610. The van der Waals surface area contributed by atoms with Crippen LogP contribution in [0.25, 0.3) is 44.5 Å². The number of allylic oxidation sites excluding steroid dienone is 4. The number of para-hydroxylation sites is 1. The topological polar surface area (TPSA) is 30.7 Å². The van der Waals surface area contributed by atoms with Crippen LogP contribution in [0.1, 0.15) is 31.7 Å². The fraction of sp³-hybridized carbons (Fsp3) is 0.125.